The lowest BCUT2D eigenvalue weighted by Crippen LogP contribution is -2.61. The van der Waals surface area contributed by atoms with Crippen LogP contribution in [0, 0.1) is 49.9 Å². The lowest BCUT2D eigenvalue weighted by atomic mass is 9.37. The summed E-state index contributed by atoms with van der Waals surface area (Å²) in [5.74, 6) is 0.807. The van der Waals surface area contributed by atoms with Crippen molar-refractivity contribution in [1.29, 1.82) is 0 Å². The minimum absolute atomic E-state index is 0.379. The molecule has 0 nitrogen and oxygen atoms in total. The van der Waals surface area contributed by atoms with Gasteiger partial charge in [0.2, 0.25) is 0 Å². The third kappa shape index (κ3) is 1.87. The van der Waals surface area contributed by atoms with E-state index in [-0.39, 0.29) is 0 Å². The number of fused-ring (bicyclic) bond motifs is 5. The first-order valence-electron chi connectivity index (χ1n) is 11.0. The Labute approximate surface area is 162 Å². The zero-order valence-corrected chi connectivity index (χ0v) is 18.8. The Bertz CT molecular complexity index is 782. The lowest BCUT2D eigenvalue weighted by molar-refractivity contribution is -0.171. The van der Waals surface area contributed by atoms with Crippen molar-refractivity contribution >= 4 is 0 Å². The van der Waals surface area contributed by atoms with Crippen molar-refractivity contribution in [3.05, 3.63) is 33.4 Å². The van der Waals surface area contributed by atoms with Crippen LogP contribution in [-0.4, -0.2) is 0 Å². The summed E-state index contributed by atoms with van der Waals surface area (Å²) in [5, 5.41) is 0. The van der Waals surface area contributed by atoms with Gasteiger partial charge in [0.1, 0.15) is 0 Å². The molecule has 1 aromatic rings. The monoisotopic (exact) mass is 352 g/mol. The summed E-state index contributed by atoms with van der Waals surface area (Å²) in [6, 6.07) is 0. The fourth-order valence-corrected chi connectivity index (χ4v) is 8.16. The van der Waals surface area contributed by atoms with Crippen molar-refractivity contribution in [2.75, 3.05) is 0 Å². The van der Waals surface area contributed by atoms with Gasteiger partial charge < -0.3 is 0 Å². The third-order valence-electron chi connectivity index (χ3n) is 10.7. The van der Waals surface area contributed by atoms with Crippen LogP contribution in [0.25, 0.3) is 0 Å². The molecule has 0 aliphatic heterocycles. The Morgan fingerprint density at radius 2 is 1.31 bits per heavy atom. The van der Waals surface area contributed by atoms with Gasteiger partial charge in [-0.05, 0) is 121 Å². The maximum Gasteiger partial charge on any atom is -0.00327 e. The Kier molecular flexibility index (Phi) is 3.70. The summed E-state index contributed by atoms with van der Waals surface area (Å²) >= 11 is 0. The van der Waals surface area contributed by atoms with Gasteiger partial charge in [-0.25, -0.2) is 0 Å². The molecule has 3 aliphatic carbocycles. The van der Waals surface area contributed by atoms with Crippen molar-refractivity contribution in [3.63, 3.8) is 0 Å². The summed E-state index contributed by atoms with van der Waals surface area (Å²) in [7, 11) is 0. The van der Waals surface area contributed by atoms with Crippen LogP contribution < -0.4 is 0 Å². The van der Waals surface area contributed by atoms with Crippen molar-refractivity contribution in [2.24, 2.45) is 22.2 Å². The van der Waals surface area contributed by atoms with Gasteiger partial charge in [-0.1, -0.05) is 41.0 Å². The molecule has 1 aromatic carbocycles. The molecule has 0 aromatic heterocycles. The highest BCUT2D eigenvalue weighted by molar-refractivity contribution is 5.57. The molecule has 2 saturated carbocycles. The summed E-state index contributed by atoms with van der Waals surface area (Å²) in [6.07, 6.45) is 8.35. The predicted octanol–water partition coefficient (Wildman–Crippen LogP) is 7.37. The summed E-state index contributed by atoms with van der Waals surface area (Å²) in [6.45, 7) is 22.6. The zero-order chi connectivity index (χ0) is 19.3. The average molecular weight is 353 g/mol. The van der Waals surface area contributed by atoms with Crippen molar-refractivity contribution in [2.45, 2.75) is 106 Å². The maximum atomic E-state index is 2.69. The van der Waals surface area contributed by atoms with Crippen molar-refractivity contribution < 1.29 is 0 Å². The van der Waals surface area contributed by atoms with E-state index in [2.05, 4.69) is 62.3 Å². The van der Waals surface area contributed by atoms with E-state index in [1.54, 1.807) is 33.4 Å². The molecule has 0 radical (unpaired) electrons. The van der Waals surface area contributed by atoms with Crippen molar-refractivity contribution in [1.82, 2.24) is 0 Å². The molecule has 0 heteroatoms. The first kappa shape index (κ1) is 18.6. The number of hydrogen-bond donors (Lipinski definition) is 0. The molecule has 0 saturated heterocycles. The van der Waals surface area contributed by atoms with Gasteiger partial charge in [-0.2, -0.15) is 0 Å². The smallest absolute Gasteiger partial charge is 0.00327 e. The van der Waals surface area contributed by atoms with E-state index in [0.29, 0.717) is 21.7 Å². The first-order valence-corrected chi connectivity index (χ1v) is 11.0. The Morgan fingerprint density at radius 1 is 0.692 bits per heavy atom. The van der Waals surface area contributed by atoms with Gasteiger partial charge >= 0.3 is 0 Å². The first-order chi connectivity index (χ1) is 11.9. The molecular weight excluding hydrogens is 312 g/mol. The molecule has 2 fully saturated rings. The minimum atomic E-state index is 0.379. The van der Waals surface area contributed by atoms with E-state index in [0.717, 1.165) is 5.92 Å². The number of rotatable bonds is 0. The average Bonchev–Trinajstić information content (AvgIpc) is 2.88. The highest BCUT2D eigenvalue weighted by atomic mass is 14.7. The second-order valence-corrected chi connectivity index (χ2v) is 11.5. The van der Waals surface area contributed by atoms with Gasteiger partial charge in [-0.15, -0.1) is 0 Å². The largest absolute Gasteiger partial charge is 0.0594 e. The second kappa shape index (κ2) is 5.18. The highest BCUT2D eigenvalue weighted by Crippen LogP contribution is 2.73. The van der Waals surface area contributed by atoms with E-state index < -0.39 is 0 Å². The molecule has 3 aliphatic rings. The van der Waals surface area contributed by atoms with Gasteiger partial charge in [0.25, 0.3) is 0 Å². The number of benzene rings is 1. The standard InChI is InChI=1S/C26H40/c1-16-17(2)19(4)22-20(18(16)3)15-21-24(22,7)13-14-26(9)23(5,6)11-10-12-25(21,26)8/h21H,10-15H2,1-9H3/t21?,24?,25-,26+/m1/s1. The van der Waals surface area contributed by atoms with Gasteiger partial charge in [-0.3, -0.25) is 0 Å². The Balaban J connectivity index is 1.94. The van der Waals surface area contributed by atoms with Crippen LogP contribution in [0.2, 0.25) is 0 Å². The Hall–Kier alpha value is -0.780. The summed E-state index contributed by atoms with van der Waals surface area (Å²) in [4.78, 5) is 0. The van der Waals surface area contributed by atoms with Crippen molar-refractivity contribution in [3.8, 4) is 0 Å². The van der Waals surface area contributed by atoms with Crippen LogP contribution in [0.15, 0.2) is 0 Å². The summed E-state index contributed by atoms with van der Waals surface area (Å²) in [5.41, 5.74) is 11.6. The normalized spacial score (nSPS) is 40.7. The summed E-state index contributed by atoms with van der Waals surface area (Å²) < 4.78 is 0. The van der Waals surface area contributed by atoms with Crippen LogP contribution >= 0.6 is 0 Å². The molecule has 26 heavy (non-hydrogen) atoms. The molecule has 4 atom stereocenters. The number of hydrogen-bond acceptors (Lipinski definition) is 0. The van der Waals surface area contributed by atoms with Gasteiger partial charge in [0.05, 0.1) is 0 Å². The maximum absolute atomic E-state index is 2.69. The van der Waals surface area contributed by atoms with Crippen LogP contribution in [0.5, 0.6) is 0 Å². The van der Waals surface area contributed by atoms with E-state index in [1.165, 1.54) is 38.5 Å². The quantitative estimate of drug-likeness (QED) is 0.457. The van der Waals surface area contributed by atoms with Gasteiger partial charge in [0.15, 0.2) is 0 Å². The van der Waals surface area contributed by atoms with E-state index >= 15 is 0 Å². The fourth-order valence-electron chi connectivity index (χ4n) is 8.16. The third-order valence-corrected chi connectivity index (χ3v) is 10.7. The zero-order valence-electron chi connectivity index (χ0n) is 18.8. The van der Waals surface area contributed by atoms with Gasteiger partial charge in [0, 0.05) is 0 Å². The molecule has 2 unspecified atom stereocenters. The highest BCUT2D eigenvalue weighted by Gasteiger charge is 2.66. The molecule has 144 valence electrons. The second-order valence-electron chi connectivity index (χ2n) is 11.5. The molecule has 0 heterocycles. The molecule has 4 rings (SSSR count). The predicted molar refractivity (Wildman–Crippen MR) is 113 cm³/mol. The lowest BCUT2D eigenvalue weighted by Gasteiger charge is -2.67. The van der Waals surface area contributed by atoms with E-state index in [1.807, 2.05) is 0 Å². The van der Waals surface area contributed by atoms with E-state index in [9.17, 15) is 0 Å². The van der Waals surface area contributed by atoms with Crippen LogP contribution in [-0.2, 0) is 11.8 Å². The molecule has 0 spiro atoms. The molecule has 0 bridgehead atoms. The van der Waals surface area contributed by atoms with Crippen LogP contribution in [0.1, 0.15) is 100 Å². The molecule has 0 N–H and O–H groups in total. The minimum Gasteiger partial charge on any atom is -0.0594 e. The fraction of sp³-hybridized carbons (Fsp3) is 0.769. The topological polar surface area (TPSA) is 0 Å². The van der Waals surface area contributed by atoms with E-state index in [4.69, 9.17) is 0 Å². The molecule has 0 amide bonds. The van der Waals surface area contributed by atoms with Crippen LogP contribution in [0.3, 0.4) is 0 Å². The van der Waals surface area contributed by atoms with Crippen LogP contribution in [0.4, 0.5) is 0 Å². The Morgan fingerprint density at radius 3 is 1.96 bits per heavy atom. The molecular formula is C26H40. The SMILES string of the molecule is Cc1c(C)c(C)c2c(c1C)CC1C2(C)CC[C@@]2(C)C(C)(C)CCC[C@]12C.